The highest BCUT2D eigenvalue weighted by atomic mass is 16.1. The molecule has 0 rings (SSSR count). The Kier molecular flexibility index (Phi) is 3.49. The number of carbonyl (C=O) groups is 1. The van der Waals surface area contributed by atoms with Crippen LogP contribution in [0.1, 0.15) is 13.8 Å². The Morgan fingerprint density at radius 3 is 2.56 bits per heavy atom. The topological polar surface area (TPSA) is 43.1 Å². The quantitative estimate of drug-likeness (QED) is 0.431. The van der Waals surface area contributed by atoms with Crippen molar-refractivity contribution in [2.45, 2.75) is 13.8 Å². The first-order valence-electron chi connectivity index (χ1n) is 2.85. The average Bonchev–Trinajstić information content (AvgIpc) is 1.63. The third-order valence-corrected chi connectivity index (χ3v) is 0.655. The number of carbonyl (C=O) groups excluding carboxylic acids is 1. The average molecular weight is 125 g/mol. The first-order chi connectivity index (χ1) is 4.13. The Balaban J connectivity index is 3.82. The van der Waals surface area contributed by atoms with Gasteiger partial charge in [-0.15, -0.1) is 5.73 Å². The zero-order chi connectivity index (χ0) is 7.28. The van der Waals surface area contributed by atoms with E-state index in [0.717, 1.165) is 0 Å². The number of rotatable bonds is 2. The molecule has 2 heteroatoms. The van der Waals surface area contributed by atoms with Crippen molar-refractivity contribution in [2.75, 3.05) is 0 Å². The fourth-order valence-corrected chi connectivity index (χ4v) is 0.323. The first-order valence-corrected chi connectivity index (χ1v) is 2.85. The zero-order valence-corrected chi connectivity index (χ0v) is 5.72. The van der Waals surface area contributed by atoms with Crippen LogP contribution < -0.4 is 5.73 Å². The molecule has 0 heterocycles. The maximum absolute atomic E-state index is 10.1. The summed E-state index contributed by atoms with van der Waals surface area (Å²) in [5.41, 5.74) is 7.46. The van der Waals surface area contributed by atoms with Gasteiger partial charge in [0.25, 0.3) is 0 Å². The van der Waals surface area contributed by atoms with E-state index in [2.05, 4.69) is 5.73 Å². The summed E-state index contributed by atoms with van der Waals surface area (Å²) in [6.45, 7) is 4.00. The molecule has 9 heavy (non-hydrogen) atoms. The van der Waals surface area contributed by atoms with Gasteiger partial charge in [0.1, 0.15) is 0 Å². The second kappa shape index (κ2) is 3.93. The van der Waals surface area contributed by atoms with Crippen molar-refractivity contribution in [1.29, 1.82) is 0 Å². The lowest BCUT2D eigenvalue weighted by Gasteiger charge is -1.85. The van der Waals surface area contributed by atoms with Crippen LogP contribution >= 0.6 is 0 Å². The van der Waals surface area contributed by atoms with E-state index in [-0.39, 0.29) is 0 Å². The molecule has 0 atom stereocenters. The van der Waals surface area contributed by atoms with Crippen LogP contribution in [0.4, 0.5) is 0 Å². The van der Waals surface area contributed by atoms with Gasteiger partial charge in [-0.2, -0.15) is 0 Å². The number of nitrogens with two attached hydrogens (primary N) is 1. The molecule has 0 bridgehead atoms. The Bertz CT molecular complexity index is 152. The van der Waals surface area contributed by atoms with E-state index in [1.165, 1.54) is 6.08 Å². The van der Waals surface area contributed by atoms with Gasteiger partial charge in [0.2, 0.25) is 5.91 Å². The Hall–Kier alpha value is -1.01. The summed E-state index contributed by atoms with van der Waals surface area (Å²) in [4.78, 5) is 10.1. The molecule has 0 saturated heterocycles. The van der Waals surface area contributed by atoms with Crippen LogP contribution in [0.5, 0.6) is 0 Å². The molecule has 50 valence electrons. The second-order valence-corrected chi connectivity index (χ2v) is 2.12. The molecule has 0 aliphatic carbocycles. The molecule has 0 aliphatic heterocycles. The molecule has 0 aromatic carbocycles. The molecule has 0 radical (unpaired) electrons. The van der Waals surface area contributed by atoms with Gasteiger partial charge in [-0.05, 0) is 12.0 Å². The van der Waals surface area contributed by atoms with E-state index in [4.69, 9.17) is 5.73 Å². The number of primary amides is 1. The highest BCUT2D eigenvalue weighted by Gasteiger charge is 1.80. The van der Waals surface area contributed by atoms with Crippen LogP contribution in [0.3, 0.4) is 0 Å². The number of hydrogen-bond donors (Lipinski definition) is 1. The molecule has 0 unspecified atom stereocenters. The number of amides is 1. The monoisotopic (exact) mass is 125 g/mol. The summed E-state index contributed by atoms with van der Waals surface area (Å²) < 4.78 is 0. The minimum Gasteiger partial charge on any atom is -0.366 e. The SMILES string of the molecule is CC(C)C=C=CC(N)=O. The predicted molar refractivity (Wildman–Crippen MR) is 36.7 cm³/mol. The van der Waals surface area contributed by atoms with Crippen molar-refractivity contribution in [3.63, 3.8) is 0 Å². The second-order valence-electron chi connectivity index (χ2n) is 2.12. The molecular formula is C7H11NO. The van der Waals surface area contributed by atoms with Crippen LogP contribution in [-0.2, 0) is 4.79 Å². The maximum atomic E-state index is 10.1. The molecule has 2 N–H and O–H groups in total. The minimum atomic E-state index is -0.452. The Morgan fingerprint density at radius 2 is 2.22 bits per heavy atom. The van der Waals surface area contributed by atoms with Crippen molar-refractivity contribution < 1.29 is 4.79 Å². The van der Waals surface area contributed by atoms with Crippen molar-refractivity contribution in [1.82, 2.24) is 0 Å². The highest BCUT2D eigenvalue weighted by molar-refractivity contribution is 5.85. The van der Waals surface area contributed by atoms with E-state index < -0.39 is 5.91 Å². The van der Waals surface area contributed by atoms with Crippen LogP contribution in [0, 0.1) is 5.92 Å². The third-order valence-electron chi connectivity index (χ3n) is 0.655. The van der Waals surface area contributed by atoms with Crippen molar-refractivity contribution in [3.05, 3.63) is 17.9 Å². The van der Waals surface area contributed by atoms with E-state index in [9.17, 15) is 4.79 Å². The molecule has 0 aromatic heterocycles. The van der Waals surface area contributed by atoms with E-state index >= 15 is 0 Å². The molecule has 1 amide bonds. The van der Waals surface area contributed by atoms with Crippen molar-refractivity contribution >= 4 is 5.91 Å². The van der Waals surface area contributed by atoms with Crippen LogP contribution in [0.2, 0.25) is 0 Å². The molecule has 0 aromatic rings. The minimum absolute atomic E-state index is 0.417. The maximum Gasteiger partial charge on any atom is 0.249 e. The van der Waals surface area contributed by atoms with E-state index in [1.807, 2.05) is 13.8 Å². The van der Waals surface area contributed by atoms with Gasteiger partial charge in [0.15, 0.2) is 0 Å². The van der Waals surface area contributed by atoms with Gasteiger partial charge in [0.05, 0.1) is 0 Å². The Labute approximate surface area is 55.1 Å². The van der Waals surface area contributed by atoms with Gasteiger partial charge in [-0.3, -0.25) is 4.79 Å². The molecular weight excluding hydrogens is 114 g/mol. The van der Waals surface area contributed by atoms with Crippen LogP contribution in [-0.4, -0.2) is 5.91 Å². The summed E-state index contributed by atoms with van der Waals surface area (Å²) in [7, 11) is 0. The summed E-state index contributed by atoms with van der Waals surface area (Å²) >= 11 is 0. The van der Waals surface area contributed by atoms with Gasteiger partial charge in [-0.1, -0.05) is 13.8 Å². The van der Waals surface area contributed by atoms with Gasteiger partial charge in [-0.25, -0.2) is 0 Å². The van der Waals surface area contributed by atoms with E-state index in [1.54, 1.807) is 6.08 Å². The first kappa shape index (κ1) is 7.99. The van der Waals surface area contributed by atoms with Gasteiger partial charge >= 0.3 is 0 Å². The fraction of sp³-hybridized carbons (Fsp3) is 0.429. The normalized spacial score (nSPS) is 8.33. The largest absolute Gasteiger partial charge is 0.366 e. The fourth-order valence-electron chi connectivity index (χ4n) is 0.323. The number of hydrogen-bond acceptors (Lipinski definition) is 1. The summed E-state index contributed by atoms with van der Waals surface area (Å²) in [6.07, 6.45) is 3.00. The van der Waals surface area contributed by atoms with Crippen molar-refractivity contribution in [3.8, 4) is 0 Å². The van der Waals surface area contributed by atoms with Crippen molar-refractivity contribution in [2.24, 2.45) is 11.7 Å². The molecule has 0 spiro atoms. The van der Waals surface area contributed by atoms with E-state index in [0.29, 0.717) is 5.92 Å². The van der Waals surface area contributed by atoms with Crippen LogP contribution in [0.25, 0.3) is 0 Å². The van der Waals surface area contributed by atoms with Gasteiger partial charge in [0, 0.05) is 6.08 Å². The van der Waals surface area contributed by atoms with Gasteiger partial charge < -0.3 is 5.73 Å². The lowest BCUT2D eigenvalue weighted by atomic mass is 10.2. The summed E-state index contributed by atoms with van der Waals surface area (Å²) in [5, 5.41) is 0. The summed E-state index contributed by atoms with van der Waals surface area (Å²) in [6, 6.07) is 0. The highest BCUT2D eigenvalue weighted by Crippen LogP contribution is 1.89. The standard InChI is InChI=1S/C7H11NO/c1-6(2)4-3-5-7(8)9/h4-6H,1-2H3,(H2,8,9). The third kappa shape index (κ3) is 6.99. The summed E-state index contributed by atoms with van der Waals surface area (Å²) in [5.74, 6) is -0.0347. The Morgan fingerprint density at radius 1 is 1.67 bits per heavy atom. The molecule has 0 saturated carbocycles. The zero-order valence-electron chi connectivity index (χ0n) is 5.72. The molecule has 0 fully saturated rings. The molecule has 0 aliphatic rings. The lowest BCUT2D eigenvalue weighted by Crippen LogP contribution is -2.04. The smallest absolute Gasteiger partial charge is 0.249 e. The lowest BCUT2D eigenvalue weighted by molar-refractivity contribution is -0.113. The van der Waals surface area contributed by atoms with Crippen LogP contribution in [0.15, 0.2) is 17.9 Å². The predicted octanol–water partition coefficient (Wildman–Crippen LogP) is 0.839. The molecule has 2 nitrogen and oxygen atoms in total.